The van der Waals surface area contributed by atoms with Gasteiger partial charge in [0.1, 0.15) is 18.2 Å². The Morgan fingerprint density at radius 3 is 2.32 bits per heavy atom. The molecule has 1 amide bonds. The standard InChI is InChI=1S/C30H26F3NO3/c31-26-13-6-14-27(37-29(32)33)28(26)18-15-19-7-5-8-20(16-18)34(19)30(35)36-17-25-23-11-3-1-9-21(23)22-10-2-4-12-24(22)25/h1-4,6,9-15,19-20,25,29H,5,7-8,16-17H2. The lowest BCUT2D eigenvalue weighted by Crippen LogP contribution is -2.52. The van der Waals surface area contributed by atoms with Gasteiger partial charge in [0.2, 0.25) is 0 Å². The van der Waals surface area contributed by atoms with Crippen LogP contribution < -0.4 is 4.74 Å². The number of nitrogens with zero attached hydrogens (tertiary/aromatic N) is 1. The van der Waals surface area contributed by atoms with Gasteiger partial charge in [0.25, 0.3) is 0 Å². The lowest BCUT2D eigenvalue weighted by atomic mass is 9.82. The van der Waals surface area contributed by atoms with E-state index in [1.165, 1.54) is 18.2 Å². The van der Waals surface area contributed by atoms with Gasteiger partial charge in [-0.05, 0) is 65.6 Å². The number of alkyl halides is 2. The molecule has 2 atom stereocenters. The Morgan fingerprint density at radius 2 is 1.65 bits per heavy atom. The number of fused-ring (bicyclic) bond motifs is 5. The summed E-state index contributed by atoms with van der Waals surface area (Å²) < 4.78 is 51.2. The van der Waals surface area contributed by atoms with Crippen molar-refractivity contribution >= 4 is 11.7 Å². The highest BCUT2D eigenvalue weighted by atomic mass is 19.3. The number of carbonyl (C=O) groups excluding carboxylic acids is 1. The second kappa shape index (κ2) is 9.61. The molecule has 3 aromatic rings. The summed E-state index contributed by atoms with van der Waals surface area (Å²) in [4.78, 5) is 15.1. The molecule has 6 rings (SSSR count). The smallest absolute Gasteiger partial charge is 0.410 e. The normalized spacial score (nSPS) is 20.3. The quantitative estimate of drug-likeness (QED) is 0.363. The van der Waals surface area contributed by atoms with Gasteiger partial charge in [-0.3, -0.25) is 4.90 Å². The predicted molar refractivity (Wildman–Crippen MR) is 134 cm³/mol. The number of benzene rings is 3. The lowest BCUT2D eigenvalue weighted by molar-refractivity contribution is -0.0502. The number of piperidine rings is 1. The number of halogens is 3. The Balaban J connectivity index is 1.24. The zero-order chi connectivity index (χ0) is 25.5. The van der Waals surface area contributed by atoms with Crippen LogP contribution in [0.15, 0.2) is 72.8 Å². The van der Waals surface area contributed by atoms with Crippen molar-refractivity contribution in [1.82, 2.24) is 4.90 Å². The maximum absolute atomic E-state index is 14.8. The number of amides is 1. The summed E-state index contributed by atoms with van der Waals surface area (Å²) in [5, 5.41) is 0. The summed E-state index contributed by atoms with van der Waals surface area (Å²) >= 11 is 0. The Hall–Kier alpha value is -3.74. The van der Waals surface area contributed by atoms with E-state index in [9.17, 15) is 18.0 Å². The number of rotatable bonds is 5. The van der Waals surface area contributed by atoms with Crippen molar-refractivity contribution in [3.63, 3.8) is 0 Å². The van der Waals surface area contributed by atoms with E-state index in [4.69, 9.17) is 4.74 Å². The Morgan fingerprint density at radius 1 is 0.946 bits per heavy atom. The van der Waals surface area contributed by atoms with Crippen LogP contribution in [0.4, 0.5) is 18.0 Å². The van der Waals surface area contributed by atoms with Crippen molar-refractivity contribution in [3.8, 4) is 16.9 Å². The maximum atomic E-state index is 14.8. The van der Waals surface area contributed by atoms with E-state index in [-0.39, 0.29) is 35.9 Å². The highest BCUT2D eigenvalue weighted by Crippen LogP contribution is 2.45. The zero-order valence-corrected chi connectivity index (χ0v) is 20.1. The van der Waals surface area contributed by atoms with E-state index in [0.717, 1.165) is 35.1 Å². The van der Waals surface area contributed by atoms with Crippen molar-refractivity contribution in [3.05, 3.63) is 95.3 Å². The number of ether oxygens (including phenoxy) is 2. The van der Waals surface area contributed by atoms with Crippen LogP contribution in [-0.2, 0) is 4.74 Å². The summed E-state index contributed by atoms with van der Waals surface area (Å²) in [6.45, 7) is -2.83. The fraction of sp³-hybridized carbons (Fsp3) is 0.300. The minimum Gasteiger partial charge on any atom is -0.448 e. The highest BCUT2D eigenvalue weighted by Gasteiger charge is 2.40. The minimum absolute atomic E-state index is 0.0421. The second-order valence-corrected chi connectivity index (χ2v) is 9.75. The molecule has 0 saturated carbocycles. The first-order chi connectivity index (χ1) is 18.0. The molecule has 0 aromatic heterocycles. The maximum Gasteiger partial charge on any atom is 0.410 e. The molecule has 4 nitrogen and oxygen atoms in total. The van der Waals surface area contributed by atoms with Crippen molar-refractivity contribution in [2.75, 3.05) is 6.61 Å². The van der Waals surface area contributed by atoms with Gasteiger partial charge in [-0.1, -0.05) is 60.7 Å². The first kappa shape index (κ1) is 23.6. The van der Waals surface area contributed by atoms with E-state index in [2.05, 4.69) is 29.0 Å². The Kier molecular flexibility index (Phi) is 6.14. The molecule has 1 saturated heterocycles. The molecule has 1 fully saturated rings. The van der Waals surface area contributed by atoms with E-state index in [1.54, 1.807) is 4.90 Å². The molecule has 2 aliphatic heterocycles. The fourth-order valence-corrected chi connectivity index (χ4v) is 6.18. The molecule has 3 aromatic carbocycles. The molecule has 3 aliphatic rings. The van der Waals surface area contributed by atoms with Gasteiger partial charge < -0.3 is 9.47 Å². The van der Waals surface area contributed by atoms with Gasteiger partial charge in [0, 0.05) is 12.0 Å². The summed E-state index contributed by atoms with van der Waals surface area (Å²) in [6, 6.07) is 19.8. The molecule has 0 spiro atoms. The summed E-state index contributed by atoms with van der Waals surface area (Å²) in [7, 11) is 0. The van der Waals surface area contributed by atoms with Gasteiger partial charge in [0.05, 0.1) is 11.6 Å². The van der Waals surface area contributed by atoms with Gasteiger partial charge in [-0.2, -0.15) is 8.78 Å². The third-order valence-corrected chi connectivity index (χ3v) is 7.70. The van der Waals surface area contributed by atoms with Crippen LogP contribution >= 0.6 is 0 Å². The Bertz CT molecular complexity index is 1330. The number of hydrogen-bond acceptors (Lipinski definition) is 3. The molecule has 2 bridgehead atoms. The van der Waals surface area contributed by atoms with Crippen LogP contribution in [0.1, 0.15) is 48.3 Å². The molecule has 1 aliphatic carbocycles. The average molecular weight is 506 g/mol. The summed E-state index contributed by atoms with van der Waals surface area (Å²) in [5.41, 5.74) is 5.24. The van der Waals surface area contributed by atoms with Crippen LogP contribution in [0.3, 0.4) is 0 Å². The minimum atomic E-state index is -3.05. The zero-order valence-electron chi connectivity index (χ0n) is 20.1. The molecule has 2 heterocycles. The van der Waals surface area contributed by atoms with Crippen LogP contribution in [0, 0.1) is 5.82 Å². The first-order valence-electron chi connectivity index (χ1n) is 12.6. The number of hydrogen-bond donors (Lipinski definition) is 0. The summed E-state index contributed by atoms with van der Waals surface area (Å²) in [5.74, 6) is -0.842. The second-order valence-electron chi connectivity index (χ2n) is 9.75. The molecule has 37 heavy (non-hydrogen) atoms. The van der Waals surface area contributed by atoms with Gasteiger partial charge in [-0.25, -0.2) is 9.18 Å². The monoisotopic (exact) mass is 505 g/mol. The highest BCUT2D eigenvalue weighted by molar-refractivity contribution is 5.80. The van der Waals surface area contributed by atoms with E-state index < -0.39 is 18.5 Å². The van der Waals surface area contributed by atoms with Crippen molar-refractivity contribution in [1.29, 1.82) is 0 Å². The van der Waals surface area contributed by atoms with Crippen LogP contribution in [0.5, 0.6) is 5.75 Å². The molecule has 190 valence electrons. The molecular weight excluding hydrogens is 479 g/mol. The Labute approximate surface area is 213 Å². The van der Waals surface area contributed by atoms with E-state index in [1.807, 2.05) is 30.3 Å². The lowest BCUT2D eigenvalue weighted by Gasteiger charge is -2.44. The molecular formula is C30H26F3NO3. The third-order valence-electron chi connectivity index (χ3n) is 7.70. The molecule has 0 N–H and O–H groups in total. The van der Waals surface area contributed by atoms with Crippen molar-refractivity contribution < 1.29 is 27.4 Å². The van der Waals surface area contributed by atoms with Crippen LogP contribution in [0.2, 0.25) is 0 Å². The van der Waals surface area contributed by atoms with Gasteiger partial charge in [-0.15, -0.1) is 0 Å². The van der Waals surface area contributed by atoms with Crippen molar-refractivity contribution in [2.45, 2.75) is 50.3 Å². The third kappa shape index (κ3) is 4.26. The van der Waals surface area contributed by atoms with E-state index in [0.29, 0.717) is 18.4 Å². The van der Waals surface area contributed by atoms with Gasteiger partial charge in [0.15, 0.2) is 0 Å². The van der Waals surface area contributed by atoms with Crippen LogP contribution in [-0.4, -0.2) is 36.3 Å². The molecule has 2 unspecified atom stereocenters. The van der Waals surface area contributed by atoms with Crippen molar-refractivity contribution in [2.24, 2.45) is 0 Å². The first-order valence-corrected chi connectivity index (χ1v) is 12.6. The summed E-state index contributed by atoms with van der Waals surface area (Å²) in [6.07, 6.45) is 4.12. The topological polar surface area (TPSA) is 38.8 Å². The number of carbonyl (C=O) groups is 1. The predicted octanol–water partition coefficient (Wildman–Crippen LogP) is 7.39. The SMILES string of the molecule is O=C(OCC1c2ccccc2-c2ccccc21)N1C2C=C(c3c(F)cccc3OC(F)F)CC1CCC2. The van der Waals surface area contributed by atoms with Gasteiger partial charge >= 0.3 is 12.7 Å². The largest absolute Gasteiger partial charge is 0.448 e. The van der Waals surface area contributed by atoms with Crippen LogP contribution in [0.25, 0.3) is 16.7 Å². The molecule has 7 heteroatoms. The molecule has 0 radical (unpaired) electrons. The van der Waals surface area contributed by atoms with E-state index >= 15 is 0 Å². The fourth-order valence-electron chi connectivity index (χ4n) is 6.18. The average Bonchev–Trinajstić information content (AvgIpc) is 3.20.